The number of rotatable bonds is 2. The van der Waals surface area contributed by atoms with Crippen LogP contribution in [0, 0.1) is 0 Å². The molecule has 0 N–H and O–H groups in total. The van der Waals surface area contributed by atoms with Crippen molar-refractivity contribution in [3.63, 3.8) is 0 Å². The lowest BCUT2D eigenvalue weighted by molar-refractivity contribution is 0.0416. The molecule has 27 heavy (non-hydrogen) atoms. The number of fused-ring (bicyclic) bond motifs is 1. The summed E-state index contributed by atoms with van der Waals surface area (Å²) in [4.78, 5) is 26.3. The predicted octanol–water partition coefficient (Wildman–Crippen LogP) is 3.79. The van der Waals surface area contributed by atoms with Crippen molar-refractivity contribution >= 4 is 29.6 Å². The number of ether oxygens (including phenoxy) is 3. The summed E-state index contributed by atoms with van der Waals surface area (Å²) in [6.45, 7) is 1.97. The van der Waals surface area contributed by atoms with Gasteiger partial charge in [-0.15, -0.1) is 0 Å². The Morgan fingerprint density at radius 3 is 2.74 bits per heavy atom. The van der Waals surface area contributed by atoms with Gasteiger partial charge in [-0.2, -0.15) is 0 Å². The molecule has 0 spiro atoms. The summed E-state index contributed by atoms with van der Waals surface area (Å²) in [5.74, 6) is 0.655. The molecule has 2 aromatic rings. The van der Waals surface area contributed by atoms with Gasteiger partial charge in [0.25, 0.3) is 0 Å². The Morgan fingerprint density at radius 1 is 1.15 bits per heavy atom. The Morgan fingerprint density at radius 2 is 1.96 bits per heavy atom. The van der Waals surface area contributed by atoms with Gasteiger partial charge in [0.2, 0.25) is 5.78 Å². The van der Waals surface area contributed by atoms with E-state index in [1.807, 2.05) is 6.07 Å². The highest BCUT2D eigenvalue weighted by atomic mass is 35.5. The standard InChI is InChI=1S/C20H16ClNO5/c21-14-3-1-2-13(10-14)11-18-19(23)16-5-4-15(12-17(16)27-18)26-20(24)22-6-8-25-9-7-22/h1-5,10-12H,6-9H2/b18-11-. The minimum atomic E-state index is -0.447. The van der Waals surface area contributed by atoms with Crippen LogP contribution < -0.4 is 9.47 Å². The molecule has 1 amide bonds. The van der Waals surface area contributed by atoms with Crippen LogP contribution in [0.25, 0.3) is 6.08 Å². The van der Waals surface area contributed by atoms with Gasteiger partial charge in [0.15, 0.2) is 5.76 Å². The maximum Gasteiger partial charge on any atom is 0.415 e. The summed E-state index contributed by atoms with van der Waals surface area (Å²) >= 11 is 5.97. The average molecular weight is 386 g/mol. The van der Waals surface area contributed by atoms with Gasteiger partial charge in [-0.3, -0.25) is 4.79 Å². The van der Waals surface area contributed by atoms with Crippen LogP contribution in [0.4, 0.5) is 4.79 Å². The van der Waals surface area contributed by atoms with Crippen LogP contribution in [0.3, 0.4) is 0 Å². The van der Waals surface area contributed by atoms with Crippen LogP contribution in [0.5, 0.6) is 11.5 Å². The highest BCUT2D eigenvalue weighted by Gasteiger charge is 2.28. The Balaban J connectivity index is 1.51. The Labute approximate surface area is 160 Å². The van der Waals surface area contributed by atoms with Gasteiger partial charge >= 0.3 is 6.09 Å². The van der Waals surface area contributed by atoms with Crippen LogP contribution in [0.2, 0.25) is 5.02 Å². The number of amides is 1. The molecule has 4 rings (SSSR count). The molecule has 0 radical (unpaired) electrons. The number of nitrogens with zero attached hydrogens (tertiary/aromatic N) is 1. The highest BCUT2D eigenvalue weighted by Crippen LogP contribution is 2.35. The molecule has 7 heteroatoms. The van der Waals surface area contributed by atoms with Crippen molar-refractivity contribution < 1.29 is 23.8 Å². The molecule has 0 bridgehead atoms. The fourth-order valence-corrected chi connectivity index (χ4v) is 3.09. The largest absolute Gasteiger partial charge is 0.452 e. The van der Waals surface area contributed by atoms with E-state index in [0.29, 0.717) is 48.4 Å². The van der Waals surface area contributed by atoms with Crippen LogP contribution in [0.1, 0.15) is 15.9 Å². The lowest BCUT2D eigenvalue weighted by Gasteiger charge is -2.25. The van der Waals surface area contributed by atoms with Crippen LogP contribution in [-0.2, 0) is 4.74 Å². The van der Waals surface area contributed by atoms with Gasteiger partial charge in [-0.05, 0) is 35.9 Å². The predicted molar refractivity (Wildman–Crippen MR) is 99.2 cm³/mol. The summed E-state index contributed by atoms with van der Waals surface area (Å²) in [6.07, 6.45) is 1.19. The van der Waals surface area contributed by atoms with Crippen LogP contribution in [0.15, 0.2) is 48.2 Å². The number of hydrogen-bond acceptors (Lipinski definition) is 5. The van der Waals surface area contributed by atoms with Gasteiger partial charge in [0, 0.05) is 24.2 Å². The van der Waals surface area contributed by atoms with Crippen molar-refractivity contribution in [3.05, 3.63) is 64.4 Å². The first-order valence-corrected chi connectivity index (χ1v) is 8.86. The van der Waals surface area contributed by atoms with E-state index < -0.39 is 6.09 Å². The van der Waals surface area contributed by atoms with Crippen molar-refractivity contribution in [2.24, 2.45) is 0 Å². The first-order chi connectivity index (χ1) is 13.1. The third-order valence-corrected chi connectivity index (χ3v) is 4.50. The van der Waals surface area contributed by atoms with Crippen molar-refractivity contribution in [1.29, 1.82) is 0 Å². The zero-order valence-corrected chi connectivity index (χ0v) is 15.1. The number of hydrogen-bond donors (Lipinski definition) is 0. The molecular weight excluding hydrogens is 370 g/mol. The fourth-order valence-electron chi connectivity index (χ4n) is 2.89. The Kier molecular flexibility index (Phi) is 4.83. The van der Waals surface area contributed by atoms with Gasteiger partial charge in [0.05, 0.1) is 18.8 Å². The van der Waals surface area contributed by atoms with E-state index in [-0.39, 0.29) is 11.5 Å². The topological polar surface area (TPSA) is 65.1 Å². The number of Topliss-reactive ketones (excluding diaryl/α,β-unsaturated/α-hetero) is 1. The van der Waals surface area contributed by atoms with E-state index in [4.69, 9.17) is 25.8 Å². The maximum atomic E-state index is 12.5. The second kappa shape index (κ2) is 7.42. The average Bonchev–Trinajstić information content (AvgIpc) is 2.97. The minimum Gasteiger partial charge on any atom is -0.452 e. The summed E-state index contributed by atoms with van der Waals surface area (Å²) < 4.78 is 16.3. The molecule has 2 aromatic carbocycles. The smallest absolute Gasteiger partial charge is 0.415 e. The molecule has 6 nitrogen and oxygen atoms in total. The maximum absolute atomic E-state index is 12.5. The van der Waals surface area contributed by atoms with Crippen molar-refractivity contribution in [2.45, 2.75) is 0 Å². The molecule has 0 saturated carbocycles. The minimum absolute atomic E-state index is 0.198. The lowest BCUT2D eigenvalue weighted by atomic mass is 10.1. The second-order valence-electron chi connectivity index (χ2n) is 6.12. The van der Waals surface area contributed by atoms with Gasteiger partial charge in [-0.1, -0.05) is 23.7 Å². The van der Waals surface area contributed by atoms with E-state index in [1.54, 1.807) is 47.4 Å². The molecule has 1 saturated heterocycles. The van der Waals surface area contributed by atoms with E-state index in [9.17, 15) is 9.59 Å². The lowest BCUT2D eigenvalue weighted by Crippen LogP contribution is -2.42. The molecule has 0 aliphatic carbocycles. The number of allylic oxidation sites excluding steroid dienone is 1. The molecule has 2 heterocycles. The van der Waals surface area contributed by atoms with Crippen molar-refractivity contribution in [2.75, 3.05) is 26.3 Å². The van der Waals surface area contributed by atoms with E-state index >= 15 is 0 Å². The fraction of sp³-hybridized carbons (Fsp3) is 0.200. The number of ketones is 1. The third kappa shape index (κ3) is 3.82. The molecule has 138 valence electrons. The summed E-state index contributed by atoms with van der Waals surface area (Å²) in [5, 5.41) is 0.574. The zero-order chi connectivity index (χ0) is 18.8. The molecule has 0 atom stereocenters. The normalized spacial score (nSPS) is 17.6. The van der Waals surface area contributed by atoms with E-state index in [0.717, 1.165) is 5.56 Å². The molecule has 1 fully saturated rings. The zero-order valence-electron chi connectivity index (χ0n) is 14.3. The summed E-state index contributed by atoms with van der Waals surface area (Å²) in [7, 11) is 0. The van der Waals surface area contributed by atoms with Gasteiger partial charge in [-0.25, -0.2) is 4.79 Å². The van der Waals surface area contributed by atoms with Gasteiger partial charge in [0.1, 0.15) is 11.5 Å². The monoisotopic (exact) mass is 385 g/mol. The molecule has 2 aliphatic rings. The van der Waals surface area contributed by atoms with Crippen molar-refractivity contribution in [1.82, 2.24) is 4.90 Å². The number of carbonyl (C=O) groups excluding carboxylic acids is 2. The number of benzene rings is 2. The SMILES string of the molecule is O=C1/C(=C/c2cccc(Cl)c2)Oc2cc(OC(=O)N3CCOCC3)ccc21. The summed E-state index contributed by atoms with van der Waals surface area (Å²) in [6, 6.07) is 11.8. The molecule has 2 aliphatic heterocycles. The van der Waals surface area contributed by atoms with E-state index in [1.165, 1.54) is 0 Å². The first-order valence-electron chi connectivity index (χ1n) is 8.48. The van der Waals surface area contributed by atoms with Crippen LogP contribution >= 0.6 is 11.6 Å². The molecular formula is C20H16ClNO5. The number of morpholine rings is 1. The Bertz CT molecular complexity index is 934. The summed E-state index contributed by atoms with van der Waals surface area (Å²) in [5.41, 5.74) is 1.19. The van der Waals surface area contributed by atoms with Crippen LogP contribution in [-0.4, -0.2) is 43.1 Å². The third-order valence-electron chi connectivity index (χ3n) is 4.26. The van der Waals surface area contributed by atoms with Crippen molar-refractivity contribution in [3.8, 4) is 11.5 Å². The second-order valence-corrected chi connectivity index (χ2v) is 6.56. The molecule has 0 unspecified atom stereocenters. The van der Waals surface area contributed by atoms with E-state index in [2.05, 4.69) is 0 Å². The highest BCUT2D eigenvalue weighted by molar-refractivity contribution is 6.30. The first kappa shape index (κ1) is 17.6. The Hall–Kier alpha value is -2.83. The molecule has 0 aromatic heterocycles. The quantitative estimate of drug-likeness (QED) is 0.736. The number of carbonyl (C=O) groups is 2. The number of halogens is 1. The van der Waals surface area contributed by atoms with Gasteiger partial charge < -0.3 is 19.1 Å².